The fraction of sp³-hybridized carbons (Fsp3) is 0.429. The van der Waals surface area contributed by atoms with E-state index in [9.17, 15) is 0 Å². The predicted molar refractivity (Wildman–Crippen MR) is 38.8 cm³/mol. The molecule has 5 heteroatoms. The van der Waals surface area contributed by atoms with E-state index in [1.165, 1.54) is 0 Å². The molecule has 0 fully saturated rings. The number of aromatic nitrogens is 2. The summed E-state index contributed by atoms with van der Waals surface area (Å²) in [5.41, 5.74) is 0. The summed E-state index contributed by atoms with van der Waals surface area (Å²) in [5, 5.41) is 16.5. The molecule has 0 unspecified atom stereocenters. The van der Waals surface area contributed by atoms with Crippen LogP contribution in [0.1, 0.15) is 6.92 Å². The molecule has 1 rings (SSSR count). The smallest absolute Gasteiger partial charge is 0.241 e. The standard InChI is InChI=1S/C5H8N2.C2H4O3/c1-2-7-4-3-6-5-7;3-1-2(4)5/h3-5H,2H2,1H3;3H,1H2,(H,4,5). The number of aliphatic carboxylic acids is 1. The highest BCUT2D eigenvalue weighted by Crippen LogP contribution is 1.65. The number of aliphatic hydroxyl groups excluding tert-OH is 1. The third-order valence-electron chi connectivity index (χ3n) is 1.10. The summed E-state index contributed by atoms with van der Waals surface area (Å²) in [5.74, 6) is -1.44. The molecule has 0 aliphatic rings. The lowest BCUT2D eigenvalue weighted by Crippen LogP contribution is -2.27. The molecule has 2 N–H and O–H groups in total. The molecule has 0 spiro atoms. The first-order valence-electron chi connectivity index (χ1n) is 3.53. The van der Waals surface area contributed by atoms with Crippen LogP contribution in [0.4, 0.5) is 0 Å². The highest BCUT2D eigenvalue weighted by atomic mass is 16.4. The van der Waals surface area contributed by atoms with Gasteiger partial charge in [0, 0.05) is 0 Å². The van der Waals surface area contributed by atoms with E-state index in [-0.39, 0.29) is 0 Å². The van der Waals surface area contributed by atoms with Crippen molar-refractivity contribution in [2.75, 3.05) is 6.61 Å². The van der Waals surface area contributed by atoms with Gasteiger partial charge in [0.15, 0.2) is 0 Å². The second-order valence-electron chi connectivity index (χ2n) is 1.97. The van der Waals surface area contributed by atoms with Gasteiger partial charge in [-0.2, -0.15) is 0 Å². The van der Waals surface area contributed by atoms with E-state index >= 15 is 0 Å². The number of rotatable bonds is 2. The number of imidazole rings is 1. The van der Waals surface area contributed by atoms with Crippen LogP contribution in [0, 0.1) is 0 Å². The van der Waals surface area contributed by atoms with Crippen LogP contribution < -0.4 is 9.67 Å². The largest absolute Gasteiger partial charge is 0.548 e. The number of carbonyl (C=O) groups excluding carboxylic acids is 1. The highest BCUT2D eigenvalue weighted by Gasteiger charge is 1.85. The number of aryl methyl sites for hydroxylation is 1. The van der Waals surface area contributed by atoms with Gasteiger partial charge in [-0.05, 0) is 6.92 Å². The molecule has 0 amide bonds. The summed E-state index contributed by atoms with van der Waals surface area (Å²) < 4.78 is 2.07. The lowest BCUT2D eigenvalue weighted by molar-refractivity contribution is -0.692. The van der Waals surface area contributed by atoms with Crippen molar-refractivity contribution in [1.82, 2.24) is 4.98 Å². The van der Waals surface area contributed by atoms with Crippen LogP contribution in [0.3, 0.4) is 0 Å². The fourth-order valence-electron chi connectivity index (χ4n) is 0.517. The Hall–Kier alpha value is -1.36. The first kappa shape index (κ1) is 10.6. The minimum Gasteiger partial charge on any atom is -0.548 e. The molecule has 68 valence electrons. The van der Waals surface area contributed by atoms with Crippen LogP contribution in [-0.4, -0.2) is 22.7 Å². The molecular formula is C7H12N2O3. The highest BCUT2D eigenvalue weighted by molar-refractivity contribution is 5.65. The maximum Gasteiger partial charge on any atom is 0.241 e. The molecule has 1 heterocycles. The number of carbonyl (C=O) groups is 1. The number of aliphatic hydroxyl groups is 1. The minimum absolute atomic E-state index is 0.889. The Labute approximate surface area is 70.3 Å². The van der Waals surface area contributed by atoms with Crippen molar-refractivity contribution in [3.05, 3.63) is 18.7 Å². The monoisotopic (exact) mass is 172 g/mol. The van der Waals surface area contributed by atoms with Crippen LogP contribution in [0.15, 0.2) is 18.7 Å². The van der Waals surface area contributed by atoms with Gasteiger partial charge in [-0.1, -0.05) is 0 Å². The number of H-pyrrole nitrogens is 1. The summed E-state index contributed by atoms with van der Waals surface area (Å²) >= 11 is 0. The molecule has 1 aromatic heterocycles. The topological polar surface area (TPSA) is 80.0 Å². The molecule has 5 nitrogen and oxygen atoms in total. The maximum absolute atomic E-state index is 9.01. The lowest BCUT2D eigenvalue weighted by Gasteiger charge is -1.86. The number of carboxylic acids is 1. The van der Waals surface area contributed by atoms with Crippen LogP contribution >= 0.6 is 0 Å². The molecule has 0 atom stereocenters. The molecule has 0 aliphatic carbocycles. The van der Waals surface area contributed by atoms with Crippen molar-refractivity contribution in [3.63, 3.8) is 0 Å². The van der Waals surface area contributed by atoms with Crippen molar-refractivity contribution >= 4 is 5.97 Å². The zero-order valence-corrected chi connectivity index (χ0v) is 6.86. The normalized spacial score (nSPS) is 8.50. The van der Waals surface area contributed by atoms with Gasteiger partial charge < -0.3 is 15.0 Å². The van der Waals surface area contributed by atoms with Crippen LogP contribution in [-0.2, 0) is 11.3 Å². The van der Waals surface area contributed by atoms with E-state index in [0.717, 1.165) is 6.54 Å². The molecule has 0 radical (unpaired) electrons. The summed E-state index contributed by atoms with van der Waals surface area (Å²) in [4.78, 5) is 12.0. The van der Waals surface area contributed by atoms with Gasteiger partial charge in [0.2, 0.25) is 6.33 Å². The van der Waals surface area contributed by atoms with Crippen LogP contribution in [0.2, 0.25) is 0 Å². The number of hydrogen-bond acceptors (Lipinski definition) is 3. The van der Waals surface area contributed by atoms with Crippen molar-refractivity contribution < 1.29 is 19.6 Å². The van der Waals surface area contributed by atoms with Gasteiger partial charge >= 0.3 is 0 Å². The molecule has 0 aromatic carbocycles. The number of hydrogen-bond donors (Lipinski definition) is 2. The third kappa shape index (κ3) is 5.43. The molecule has 1 aromatic rings. The van der Waals surface area contributed by atoms with E-state index in [1.54, 1.807) is 0 Å². The molecule has 0 saturated heterocycles. The summed E-state index contributed by atoms with van der Waals surface area (Å²) in [6, 6.07) is 0. The third-order valence-corrected chi connectivity index (χ3v) is 1.10. The average Bonchev–Trinajstić information content (AvgIpc) is 2.57. The van der Waals surface area contributed by atoms with Crippen LogP contribution in [0.5, 0.6) is 0 Å². The second kappa shape index (κ2) is 6.36. The summed E-state index contributed by atoms with van der Waals surface area (Å²) in [6.07, 6.45) is 5.84. The predicted octanol–water partition coefficient (Wildman–Crippen LogP) is -1.95. The minimum atomic E-state index is -1.44. The summed E-state index contributed by atoms with van der Waals surface area (Å²) in [7, 11) is 0. The van der Waals surface area contributed by atoms with E-state index in [0.29, 0.717) is 0 Å². The van der Waals surface area contributed by atoms with Crippen molar-refractivity contribution in [1.29, 1.82) is 0 Å². The lowest BCUT2D eigenvalue weighted by atomic mass is 10.7. The molecule has 12 heavy (non-hydrogen) atoms. The zero-order chi connectivity index (χ0) is 9.40. The van der Waals surface area contributed by atoms with Crippen molar-refractivity contribution in [2.45, 2.75) is 13.5 Å². The second-order valence-corrected chi connectivity index (χ2v) is 1.97. The van der Waals surface area contributed by atoms with E-state index < -0.39 is 12.6 Å². The quantitative estimate of drug-likeness (QED) is 0.509. The first-order chi connectivity index (χ1) is 5.70. The Morgan fingerprint density at radius 1 is 1.75 bits per heavy atom. The van der Waals surface area contributed by atoms with Gasteiger partial charge in [0.1, 0.15) is 12.4 Å². The van der Waals surface area contributed by atoms with E-state index in [1.807, 2.05) is 18.7 Å². The van der Waals surface area contributed by atoms with Gasteiger partial charge in [-0.15, -0.1) is 0 Å². The number of aromatic amines is 1. The SMILES string of the molecule is CC[n+]1cc[nH]c1.O=C([O-])CO. The van der Waals surface area contributed by atoms with E-state index in [4.69, 9.17) is 15.0 Å². The van der Waals surface area contributed by atoms with Gasteiger partial charge in [0.25, 0.3) is 0 Å². The molecular weight excluding hydrogens is 160 g/mol. The van der Waals surface area contributed by atoms with Gasteiger partial charge in [-0.25, -0.2) is 4.57 Å². The molecule has 0 saturated carbocycles. The molecule has 0 aliphatic heterocycles. The van der Waals surface area contributed by atoms with Gasteiger partial charge in [0.05, 0.1) is 19.1 Å². The Morgan fingerprint density at radius 3 is 2.50 bits per heavy atom. The van der Waals surface area contributed by atoms with Crippen molar-refractivity contribution in [2.24, 2.45) is 0 Å². The Kier molecular flexibility index (Phi) is 5.64. The Balaban J connectivity index is 0.000000217. The average molecular weight is 172 g/mol. The number of carboxylic acid groups (broad SMARTS) is 1. The Morgan fingerprint density at radius 2 is 2.33 bits per heavy atom. The van der Waals surface area contributed by atoms with E-state index in [2.05, 4.69) is 16.5 Å². The number of nitrogens with zero attached hydrogens (tertiary/aromatic N) is 1. The fourth-order valence-corrected chi connectivity index (χ4v) is 0.517. The summed E-state index contributed by atoms with van der Waals surface area (Å²) in [6.45, 7) is 2.26. The zero-order valence-electron chi connectivity index (χ0n) is 6.86. The Bertz CT molecular complexity index is 208. The first-order valence-corrected chi connectivity index (χ1v) is 3.53. The van der Waals surface area contributed by atoms with Gasteiger partial charge in [-0.3, -0.25) is 4.98 Å². The van der Waals surface area contributed by atoms with Crippen molar-refractivity contribution in [3.8, 4) is 0 Å². The van der Waals surface area contributed by atoms with Crippen LogP contribution in [0.25, 0.3) is 0 Å². The maximum atomic E-state index is 9.01. The number of nitrogens with one attached hydrogen (secondary N) is 1. The molecule has 0 bridgehead atoms.